The van der Waals surface area contributed by atoms with Crippen molar-refractivity contribution in [3.8, 4) is 0 Å². The summed E-state index contributed by atoms with van der Waals surface area (Å²) < 4.78 is 0. The van der Waals surface area contributed by atoms with E-state index in [4.69, 9.17) is 11.6 Å². The van der Waals surface area contributed by atoms with Gasteiger partial charge in [-0.3, -0.25) is 9.59 Å². The van der Waals surface area contributed by atoms with Crippen LogP contribution in [0.3, 0.4) is 0 Å². The third-order valence-electron chi connectivity index (χ3n) is 2.10. The SMILES string of the molecule is O=C(ON1C(=O)CCC1=O)c1cccc(Cl)n1. The fraction of sp³-hybridized carbons (Fsp3) is 0.200. The van der Waals surface area contributed by atoms with Crippen molar-refractivity contribution in [2.75, 3.05) is 0 Å². The zero-order valence-electron chi connectivity index (χ0n) is 8.55. The molecule has 1 aliphatic rings. The minimum atomic E-state index is -0.892. The van der Waals surface area contributed by atoms with E-state index in [1.54, 1.807) is 0 Å². The Bertz CT molecular complexity index is 487. The van der Waals surface area contributed by atoms with Crippen LogP contribution in [-0.2, 0) is 14.4 Å². The molecule has 0 N–H and O–H groups in total. The molecule has 1 aromatic rings. The zero-order chi connectivity index (χ0) is 12.4. The van der Waals surface area contributed by atoms with Gasteiger partial charge in [0.25, 0.3) is 11.8 Å². The largest absolute Gasteiger partial charge is 0.382 e. The van der Waals surface area contributed by atoms with Crippen molar-refractivity contribution in [1.29, 1.82) is 0 Å². The van der Waals surface area contributed by atoms with Crippen LogP contribution in [0.25, 0.3) is 0 Å². The van der Waals surface area contributed by atoms with E-state index in [0.29, 0.717) is 5.06 Å². The van der Waals surface area contributed by atoms with Gasteiger partial charge in [0.15, 0.2) is 5.69 Å². The predicted octanol–water partition coefficient (Wildman–Crippen LogP) is 0.956. The Morgan fingerprint density at radius 2 is 1.94 bits per heavy atom. The lowest BCUT2D eigenvalue weighted by molar-refractivity contribution is -0.172. The monoisotopic (exact) mass is 254 g/mol. The molecule has 6 nitrogen and oxygen atoms in total. The number of imide groups is 1. The van der Waals surface area contributed by atoms with Crippen LogP contribution in [0, 0.1) is 0 Å². The molecule has 0 bridgehead atoms. The summed E-state index contributed by atoms with van der Waals surface area (Å²) in [6.07, 6.45) is 0.101. The lowest BCUT2D eigenvalue weighted by Crippen LogP contribution is -2.32. The highest BCUT2D eigenvalue weighted by Crippen LogP contribution is 2.14. The van der Waals surface area contributed by atoms with Gasteiger partial charge in [-0.2, -0.15) is 0 Å². The molecule has 0 radical (unpaired) electrons. The number of pyridine rings is 1. The van der Waals surface area contributed by atoms with Gasteiger partial charge in [-0.15, -0.1) is 5.06 Å². The maximum absolute atomic E-state index is 11.6. The number of amides is 2. The number of halogens is 1. The molecule has 88 valence electrons. The van der Waals surface area contributed by atoms with E-state index in [2.05, 4.69) is 9.82 Å². The molecular formula is C10H7ClN2O4. The molecule has 2 heterocycles. The number of aromatic nitrogens is 1. The predicted molar refractivity (Wildman–Crippen MR) is 55.7 cm³/mol. The van der Waals surface area contributed by atoms with E-state index in [0.717, 1.165) is 0 Å². The van der Waals surface area contributed by atoms with Gasteiger partial charge in [-0.05, 0) is 12.1 Å². The number of hydroxylamine groups is 2. The summed E-state index contributed by atoms with van der Waals surface area (Å²) >= 11 is 5.60. The van der Waals surface area contributed by atoms with Gasteiger partial charge in [0.05, 0.1) is 0 Å². The third kappa shape index (κ3) is 2.42. The molecule has 0 atom stereocenters. The highest BCUT2D eigenvalue weighted by atomic mass is 35.5. The van der Waals surface area contributed by atoms with E-state index >= 15 is 0 Å². The Morgan fingerprint density at radius 3 is 2.53 bits per heavy atom. The maximum atomic E-state index is 11.6. The molecule has 0 aromatic carbocycles. The van der Waals surface area contributed by atoms with E-state index in [-0.39, 0.29) is 23.7 Å². The van der Waals surface area contributed by atoms with Crippen molar-refractivity contribution >= 4 is 29.4 Å². The first-order valence-electron chi connectivity index (χ1n) is 4.78. The molecule has 2 amide bonds. The number of hydrogen-bond donors (Lipinski definition) is 0. The quantitative estimate of drug-likeness (QED) is 0.580. The van der Waals surface area contributed by atoms with Gasteiger partial charge >= 0.3 is 5.97 Å². The first-order valence-corrected chi connectivity index (χ1v) is 5.16. The second kappa shape index (κ2) is 4.50. The minimum absolute atomic E-state index is 0.0507. The lowest BCUT2D eigenvalue weighted by Gasteiger charge is -2.11. The summed E-state index contributed by atoms with van der Waals surface area (Å²) in [5.41, 5.74) is -0.0648. The van der Waals surface area contributed by atoms with Gasteiger partial charge in [-0.25, -0.2) is 9.78 Å². The molecular weight excluding hydrogens is 248 g/mol. The molecule has 2 rings (SSSR count). The molecule has 0 saturated carbocycles. The Hall–Kier alpha value is -1.95. The molecule has 1 aromatic heterocycles. The number of nitrogens with zero attached hydrogens (tertiary/aromatic N) is 2. The van der Waals surface area contributed by atoms with Gasteiger partial charge in [0.1, 0.15) is 5.15 Å². The highest BCUT2D eigenvalue weighted by Gasteiger charge is 2.33. The highest BCUT2D eigenvalue weighted by molar-refractivity contribution is 6.29. The average molecular weight is 255 g/mol. The normalized spacial score (nSPS) is 15.2. The van der Waals surface area contributed by atoms with Crippen molar-refractivity contribution in [3.63, 3.8) is 0 Å². The van der Waals surface area contributed by atoms with Crippen molar-refractivity contribution in [2.24, 2.45) is 0 Å². The van der Waals surface area contributed by atoms with E-state index in [9.17, 15) is 14.4 Å². The fourth-order valence-corrected chi connectivity index (χ4v) is 1.47. The minimum Gasteiger partial charge on any atom is -0.323 e. The van der Waals surface area contributed by atoms with Crippen LogP contribution in [0.5, 0.6) is 0 Å². The van der Waals surface area contributed by atoms with E-state index < -0.39 is 17.8 Å². The van der Waals surface area contributed by atoms with Crippen molar-refractivity contribution in [1.82, 2.24) is 10.0 Å². The molecule has 0 aliphatic carbocycles. The number of carbonyl (C=O) groups excluding carboxylic acids is 3. The van der Waals surface area contributed by atoms with Gasteiger partial charge < -0.3 is 4.84 Å². The topological polar surface area (TPSA) is 76.6 Å². The van der Waals surface area contributed by atoms with Gasteiger partial charge in [0.2, 0.25) is 0 Å². The second-order valence-corrected chi connectivity index (χ2v) is 3.69. The Labute approximate surface area is 101 Å². The smallest absolute Gasteiger partial charge is 0.323 e. The summed E-state index contributed by atoms with van der Waals surface area (Å²) in [5.74, 6) is -1.97. The third-order valence-corrected chi connectivity index (χ3v) is 2.31. The fourth-order valence-electron chi connectivity index (χ4n) is 1.31. The second-order valence-electron chi connectivity index (χ2n) is 3.31. The number of carbonyl (C=O) groups is 3. The standard InChI is InChI=1S/C10H7ClN2O4/c11-7-3-1-2-6(12-7)10(16)17-13-8(14)4-5-9(13)15/h1-3H,4-5H2. The van der Waals surface area contributed by atoms with Crippen molar-refractivity contribution in [2.45, 2.75) is 12.8 Å². The molecule has 17 heavy (non-hydrogen) atoms. The molecule has 0 spiro atoms. The van der Waals surface area contributed by atoms with Crippen LogP contribution < -0.4 is 0 Å². The Morgan fingerprint density at radius 1 is 1.29 bits per heavy atom. The maximum Gasteiger partial charge on any atom is 0.382 e. The summed E-state index contributed by atoms with van der Waals surface area (Å²) in [6.45, 7) is 0. The van der Waals surface area contributed by atoms with Crippen LogP contribution in [0.2, 0.25) is 5.15 Å². The van der Waals surface area contributed by atoms with E-state index in [1.165, 1.54) is 18.2 Å². The average Bonchev–Trinajstić information content (AvgIpc) is 2.61. The van der Waals surface area contributed by atoms with Crippen LogP contribution >= 0.6 is 11.6 Å². The molecule has 1 saturated heterocycles. The number of rotatable bonds is 2. The van der Waals surface area contributed by atoms with Crippen LogP contribution in [0.4, 0.5) is 0 Å². The van der Waals surface area contributed by atoms with Gasteiger partial charge in [-0.1, -0.05) is 17.7 Å². The van der Waals surface area contributed by atoms with Crippen molar-refractivity contribution < 1.29 is 19.2 Å². The van der Waals surface area contributed by atoms with E-state index in [1.807, 2.05) is 0 Å². The van der Waals surface area contributed by atoms with Crippen LogP contribution in [0.1, 0.15) is 23.3 Å². The summed E-state index contributed by atoms with van der Waals surface area (Å²) in [4.78, 5) is 42.3. The summed E-state index contributed by atoms with van der Waals surface area (Å²) in [5, 5.41) is 0.587. The van der Waals surface area contributed by atoms with Gasteiger partial charge in [0, 0.05) is 12.8 Å². The first kappa shape index (κ1) is 11.5. The van der Waals surface area contributed by atoms with Crippen LogP contribution in [0.15, 0.2) is 18.2 Å². The summed E-state index contributed by atoms with van der Waals surface area (Å²) in [6, 6.07) is 4.38. The molecule has 0 unspecified atom stereocenters. The molecule has 1 aliphatic heterocycles. The Kier molecular flexibility index (Phi) is 3.06. The lowest BCUT2D eigenvalue weighted by atomic mass is 10.4. The first-order chi connectivity index (χ1) is 8.08. The van der Waals surface area contributed by atoms with Crippen molar-refractivity contribution in [3.05, 3.63) is 29.0 Å². The number of hydrogen-bond acceptors (Lipinski definition) is 5. The Balaban J connectivity index is 2.12. The molecule has 1 fully saturated rings. The molecule has 7 heteroatoms. The van der Waals surface area contributed by atoms with Crippen LogP contribution in [-0.4, -0.2) is 27.8 Å². The zero-order valence-corrected chi connectivity index (χ0v) is 9.31. The summed E-state index contributed by atoms with van der Waals surface area (Å²) in [7, 11) is 0.